The van der Waals surface area contributed by atoms with Crippen LogP contribution in [-0.2, 0) is 11.3 Å². The van der Waals surface area contributed by atoms with Crippen molar-refractivity contribution in [3.05, 3.63) is 22.0 Å². The largest absolute Gasteiger partial charge is 0.461 e. The zero-order valence-electron chi connectivity index (χ0n) is 8.55. The average Bonchev–Trinajstić information content (AvgIpc) is 2.63. The van der Waals surface area contributed by atoms with Crippen LogP contribution in [0.15, 0.2) is 6.20 Å². The van der Waals surface area contributed by atoms with E-state index in [1.54, 1.807) is 6.92 Å². The van der Waals surface area contributed by atoms with Crippen molar-refractivity contribution in [3.8, 4) is 0 Å². The SMILES string of the molecule is CCOC(=O)c1nn(CCF)cc1[N+](=O)[O-]. The summed E-state index contributed by atoms with van der Waals surface area (Å²) in [5.74, 6) is -0.883. The molecule has 0 aliphatic rings. The minimum Gasteiger partial charge on any atom is -0.461 e. The Bertz CT molecular complexity index is 404. The van der Waals surface area contributed by atoms with Crippen LogP contribution in [0, 0.1) is 10.1 Å². The first kappa shape index (κ1) is 12.1. The second kappa shape index (κ2) is 5.19. The molecule has 8 heteroatoms. The van der Waals surface area contributed by atoms with E-state index >= 15 is 0 Å². The van der Waals surface area contributed by atoms with E-state index in [4.69, 9.17) is 0 Å². The van der Waals surface area contributed by atoms with Gasteiger partial charge >= 0.3 is 11.7 Å². The lowest BCUT2D eigenvalue weighted by atomic mass is 10.4. The molecular formula is C8H10FN3O4. The lowest BCUT2D eigenvalue weighted by Crippen LogP contribution is -2.09. The predicted molar refractivity (Wildman–Crippen MR) is 50.8 cm³/mol. The Hall–Kier alpha value is -1.99. The zero-order chi connectivity index (χ0) is 12.1. The van der Waals surface area contributed by atoms with Crippen molar-refractivity contribution in [3.63, 3.8) is 0 Å². The van der Waals surface area contributed by atoms with Crippen molar-refractivity contribution in [2.75, 3.05) is 13.3 Å². The fraction of sp³-hybridized carbons (Fsp3) is 0.500. The number of aryl methyl sites for hydroxylation is 1. The van der Waals surface area contributed by atoms with Crippen LogP contribution >= 0.6 is 0 Å². The molecule has 0 atom stereocenters. The van der Waals surface area contributed by atoms with E-state index in [-0.39, 0.29) is 13.2 Å². The predicted octanol–water partition coefficient (Wildman–Crippen LogP) is 0.938. The third kappa shape index (κ3) is 2.53. The first-order valence-electron chi connectivity index (χ1n) is 4.55. The Balaban J connectivity index is 3.04. The van der Waals surface area contributed by atoms with Gasteiger partial charge in [0.2, 0.25) is 5.69 Å². The maximum Gasteiger partial charge on any atom is 0.366 e. The molecule has 0 radical (unpaired) electrons. The molecule has 1 rings (SSSR count). The van der Waals surface area contributed by atoms with E-state index in [0.29, 0.717) is 0 Å². The Labute approximate surface area is 90.0 Å². The minimum absolute atomic E-state index is 0.0892. The molecule has 7 nitrogen and oxygen atoms in total. The first-order valence-corrected chi connectivity index (χ1v) is 4.55. The minimum atomic E-state index is -0.883. The van der Waals surface area contributed by atoms with Gasteiger partial charge in [-0.15, -0.1) is 0 Å². The lowest BCUT2D eigenvalue weighted by Gasteiger charge is -1.96. The first-order chi connectivity index (χ1) is 7.60. The summed E-state index contributed by atoms with van der Waals surface area (Å²) in [6, 6.07) is 0. The van der Waals surface area contributed by atoms with Crippen LogP contribution in [0.2, 0.25) is 0 Å². The van der Waals surface area contributed by atoms with Crippen LogP contribution in [0.25, 0.3) is 0 Å². The normalized spacial score (nSPS) is 10.1. The monoisotopic (exact) mass is 231 g/mol. The lowest BCUT2D eigenvalue weighted by molar-refractivity contribution is -0.385. The molecule has 0 aliphatic carbocycles. The van der Waals surface area contributed by atoms with Crippen LogP contribution in [0.1, 0.15) is 17.4 Å². The van der Waals surface area contributed by atoms with Crippen molar-refractivity contribution in [2.45, 2.75) is 13.5 Å². The van der Waals surface area contributed by atoms with Crippen molar-refractivity contribution < 1.29 is 18.8 Å². The molecule has 88 valence electrons. The second-order valence-corrected chi connectivity index (χ2v) is 2.79. The summed E-state index contributed by atoms with van der Waals surface area (Å²) in [6.07, 6.45) is 1.01. The molecule has 0 unspecified atom stereocenters. The van der Waals surface area contributed by atoms with Gasteiger partial charge in [0.1, 0.15) is 12.9 Å². The molecule has 0 N–H and O–H groups in total. The van der Waals surface area contributed by atoms with E-state index in [2.05, 4.69) is 9.84 Å². The highest BCUT2D eigenvalue weighted by molar-refractivity contribution is 5.91. The second-order valence-electron chi connectivity index (χ2n) is 2.79. The zero-order valence-corrected chi connectivity index (χ0v) is 8.55. The van der Waals surface area contributed by atoms with E-state index in [9.17, 15) is 19.3 Å². The van der Waals surface area contributed by atoms with Gasteiger partial charge in [-0.3, -0.25) is 14.8 Å². The fourth-order valence-electron chi connectivity index (χ4n) is 1.09. The number of nitro groups is 1. The third-order valence-corrected chi connectivity index (χ3v) is 1.72. The number of ether oxygens (including phenoxy) is 1. The molecule has 0 fully saturated rings. The van der Waals surface area contributed by atoms with Crippen molar-refractivity contribution in [2.24, 2.45) is 0 Å². The van der Waals surface area contributed by atoms with Gasteiger partial charge < -0.3 is 4.74 Å². The van der Waals surface area contributed by atoms with Crippen LogP contribution in [0.5, 0.6) is 0 Å². The number of halogens is 1. The van der Waals surface area contributed by atoms with Crippen LogP contribution in [0.4, 0.5) is 10.1 Å². The molecule has 0 bridgehead atoms. The number of rotatable bonds is 5. The van der Waals surface area contributed by atoms with Crippen molar-refractivity contribution in [1.29, 1.82) is 0 Å². The van der Waals surface area contributed by atoms with Gasteiger partial charge in [-0.2, -0.15) is 5.10 Å². The standard InChI is InChI=1S/C8H10FN3O4/c1-2-16-8(13)7-6(12(14)15)5-11(10-7)4-3-9/h5H,2-4H2,1H3. The number of hydrogen-bond acceptors (Lipinski definition) is 5. The molecule has 0 spiro atoms. The summed E-state index contributed by atoms with van der Waals surface area (Å²) >= 11 is 0. The average molecular weight is 231 g/mol. The quantitative estimate of drug-likeness (QED) is 0.427. The highest BCUT2D eigenvalue weighted by Gasteiger charge is 2.26. The molecule has 0 aliphatic heterocycles. The molecule has 1 aromatic heterocycles. The fourth-order valence-corrected chi connectivity index (χ4v) is 1.09. The summed E-state index contributed by atoms with van der Waals surface area (Å²) in [5, 5.41) is 14.2. The third-order valence-electron chi connectivity index (χ3n) is 1.72. The number of carbonyl (C=O) groups is 1. The Morgan fingerprint density at radius 3 is 2.94 bits per heavy atom. The van der Waals surface area contributed by atoms with Crippen LogP contribution in [0.3, 0.4) is 0 Å². The van der Waals surface area contributed by atoms with E-state index in [1.807, 2.05) is 0 Å². The van der Waals surface area contributed by atoms with Gasteiger partial charge in [0.15, 0.2) is 0 Å². The van der Waals surface area contributed by atoms with Gasteiger partial charge in [-0.25, -0.2) is 9.18 Å². The molecule has 1 heterocycles. The van der Waals surface area contributed by atoms with Crippen molar-refractivity contribution in [1.82, 2.24) is 9.78 Å². The number of aromatic nitrogens is 2. The summed E-state index contributed by atoms with van der Waals surface area (Å²) in [5.41, 5.74) is -0.882. The Morgan fingerprint density at radius 1 is 1.75 bits per heavy atom. The number of nitrogens with zero attached hydrogens (tertiary/aromatic N) is 3. The van der Waals surface area contributed by atoms with E-state index < -0.39 is 28.9 Å². The van der Waals surface area contributed by atoms with Crippen molar-refractivity contribution >= 4 is 11.7 Å². The van der Waals surface area contributed by atoms with Gasteiger partial charge in [-0.05, 0) is 6.92 Å². The summed E-state index contributed by atoms with van der Waals surface area (Å²) in [4.78, 5) is 21.1. The highest BCUT2D eigenvalue weighted by Crippen LogP contribution is 2.17. The summed E-state index contributed by atoms with van der Waals surface area (Å²) < 4.78 is 17.6. The number of alkyl halides is 1. The van der Waals surface area contributed by atoms with Gasteiger partial charge in [0, 0.05) is 0 Å². The van der Waals surface area contributed by atoms with Crippen LogP contribution in [-0.4, -0.2) is 34.0 Å². The number of carbonyl (C=O) groups excluding carboxylic acids is 1. The van der Waals surface area contributed by atoms with Gasteiger partial charge in [0.25, 0.3) is 0 Å². The Kier molecular flexibility index (Phi) is 3.92. The van der Waals surface area contributed by atoms with E-state index in [0.717, 1.165) is 10.9 Å². The maximum absolute atomic E-state index is 12.0. The van der Waals surface area contributed by atoms with Gasteiger partial charge in [0.05, 0.1) is 18.1 Å². The maximum atomic E-state index is 12.0. The Morgan fingerprint density at radius 2 is 2.44 bits per heavy atom. The number of esters is 1. The molecule has 1 aromatic rings. The number of hydrogen-bond donors (Lipinski definition) is 0. The molecule has 16 heavy (non-hydrogen) atoms. The highest BCUT2D eigenvalue weighted by atomic mass is 19.1. The molecule has 0 amide bonds. The van der Waals surface area contributed by atoms with Gasteiger partial charge in [-0.1, -0.05) is 0 Å². The van der Waals surface area contributed by atoms with E-state index in [1.165, 1.54) is 0 Å². The smallest absolute Gasteiger partial charge is 0.366 e. The molecule has 0 saturated heterocycles. The topological polar surface area (TPSA) is 87.3 Å². The summed E-state index contributed by atoms with van der Waals surface area (Å²) in [6.45, 7) is 0.801. The molecule has 0 saturated carbocycles. The molecule has 0 aromatic carbocycles. The van der Waals surface area contributed by atoms with Crippen LogP contribution < -0.4 is 0 Å². The molecular weight excluding hydrogens is 221 g/mol. The summed E-state index contributed by atoms with van der Waals surface area (Å²) in [7, 11) is 0.